The number of hydrogen-bond acceptors (Lipinski definition) is 5. The van der Waals surface area contributed by atoms with Crippen LogP contribution in [0.1, 0.15) is 18.6 Å². The third kappa shape index (κ3) is 4.63. The van der Waals surface area contributed by atoms with Crippen LogP contribution >= 0.6 is 15.9 Å². The molecule has 1 atom stereocenters. The first-order chi connectivity index (χ1) is 11.4. The summed E-state index contributed by atoms with van der Waals surface area (Å²) < 4.78 is 5.92. The highest BCUT2D eigenvalue weighted by Crippen LogP contribution is 2.23. The average molecular weight is 393 g/mol. The predicted molar refractivity (Wildman–Crippen MR) is 90.4 cm³/mol. The fourth-order valence-corrected chi connectivity index (χ4v) is 2.22. The molecule has 2 rings (SSSR count). The van der Waals surface area contributed by atoms with Crippen molar-refractivity contribution >= 4 is 39.2 Å². The molecule has 0 bridgehead atoms. The van der Waals surface area contributed by atoms with Crippen molar-refractivity contribution in [3.05, 3.63) is 68.7 Å². The Morgan fingerprint density at radius 3 is 2.21 bits per heavy atom. The van der Waals surface area contributed by atoms with Gasteiger partial charge < -0.3 is 10.1 Å². The van der Waals surface area contributed by atoms with E-state index in [-0.39, 0.29) is 5.69 Å². The lowest BCUT2D eigenvalue weighted by Crippen LogP contribution is -2.25. The second-order valence-electron chi connectivity index (χ2n) is 4.83. The number of carbonyl (C=O) groups excluding carboxylic acids is 2. The lowest BCUT2D eigenvalue weighted by Gasteiger charge is -2.17. The SMILES string of the molecule is CC(=O)OC(C(=O)Nc1ccc(Br)cc1)c1ccc([N+](=O)[O-])cc1. The van der Waals surface area contributed by atoms with Gasteiger partial charge in [-0.15, -0.1) is 0 Å². The zero-order valence-electron chi connectivity index (χ0n) is 12.6. The summed E-state index contributed by atoms with van der Waals surface area (Å²) in [6.45, 7) is 1.19. The maximum Gasteiger partial charge on any atom is 0.303 e. The van der Waals surface area contributed by atoms with Crippen LogP contribution in [-0.4, -0.2) is 16.8 Å². The van der Waals surface area contributed by atoms with Gasteiger partial charge in [0.25, 0.3) is 11.6 Å². The van der Waals surface area contributed by atoms with Gasteiger partial charge in [-0.3, -0.25) is 19.7 Å². The van der Waals surface area contributed by atoms with Crippen molar-refractivity contribution in [2.24, 2.45) is 0 Å². The summed E-state index contributed by atoms with van der Waals surface area (Å²) in [6, 6.07) is 12.1. The summed E-state index contributed by atoms with van der Waals surface area (Å²) in [7, 11) is 0. The minimum absolute atomic E-state index is 0.117. The minimum atomic E-state index is -1.20. The highest BCUT2D eigenvalue weighted by molar-refractivity contribution is 9.10. The molecule has 124 valence electrons. The Bertz CT molecular complexity index is 759. The molecule has 2 aromatic carbocycles. The minimum Gasteiger partial charge on any atom is -0.447 e. The number of nitro benzene ring substituents is 1. The van der Waals surface area contributed by atoms with Crippen molar-refractivity contribution in [3.63, 3.8) is 0 Å². The van der Waals surface area contributed by atoms with E-state index in [9.17, 15) is 19.7 Å². The van der Waals surface area contributed by atoms with Crippen LogP contribution in [0.4, 0.5) is 11.4 Å². The van der Waals surface area contributed by atoms with Crippen LogP contribution in [0.15, 0.2) is 53.0 Å². The molecule has 0 radical (unpaired) electrons. The van der Waals surface area contributed by atoms with Gasteiger partial charge in [0.1, 0.15) is 0 Å². The largest absolute Gasteiger partial charge is 0.447 e. The number of nitrogens with zero attached hydrogens (tertiary/aromatic N) is 1. The number of ether oxygens (including phenoxy) is 1. The molecule has 0 aliphatic heterocycles. The quantitative estimate of drug-likeness (QED) is 0.476. The molecule has 0 saturated heterocycles. The second kappa shape index (κ2) is 7.69. The predicted octanol–water partition coefficient (Wildman–Crippen LogP) is 3.60. The molecule has 24 heavy (non-hydrogen) atoms. The van der Waals surface area contributed by atoms with Crippen LogP contribution in [0.2, 0.25) is 0 Å². The highest BCUT2D eigenvalue weighted by Gasteiger charge is 2.24. The van der Waals surface area contributed by atoms with Crippen molar-refractivity contribution in [1.29, 1.82) is 0 Å². The Morgan fingerprint density at radius 2 is 1.71 bits per heavy atom. The third-order valence-electron chi connectivity index (χ3n) is 3.04. The van der Waals surface area contributed by atoms with Crippen molar-refractivity contribution in [2.45, 2.75) is 13.0 Å². The first kappa shape index (κ1) is 17.6. The molecular formula is C16H13BrN2O5. The van der Waals surface area contributed by atoms with Gasteiger partial charge >= 0.3 is 5.97 Å². The number of benzene rings is 2. The summed E-state index contributed by atoms with van der Waals surface area (Å²) in [6.07, 6.45) is -1.20. The molecular weight excluding hydrogens is 380 g/mol. The molecule has 7 nitrogen and oxygen atoms in total. The van der Waals surface area contributed by atoms with E-state index in [1.54, 1.807) is 24.3 Å². The highest BCUT2D eigenvalue weighted by atomic mass is 79.9. The lowest BCUT2D eigenvalue weighted by atomic mass is 10.1. The summed E-state index contributed by atoms with van der Waals surface area (Å²) in [5.74, 6) is -1.19. The Balaban J connectivity index is 2.23. The van der Waals surface area contributed by atoms with Gasteiger partial charge in [-0.05, 0) is 36.4 Å². The molecule has 0 aromatic heterocycles. The number of nitrogens with one attached hydrogen (secondary N) is 1. The molecule has 8 heteroatoms. The van der Waals surface area contributed by atoms with E-state index in [0.717, 1.165) is 4.47 Å². The fraction of sp³-hybridized carbons (Fsp3) is 0.125. The molecule has 0 saturated carbocycles. The number of rotatable bonds is 5. The number of amides is 1. The Hall–Kier alpha value is -2.74. The zero-order chi connectivity index (χ0) is 17.7. The Morgan fingerprint density at radius 1 is 1.12 bits per heavy atom. The van der Waals surface area contributed by atoms with Gasteiger partial charge in [0, 0.05) is 34.8 Å². The first-order valence-electron chi connectivity index (χ1n) is 6.85. The number of halogens is 1. The molecule has 0 spiro atoms. The van der Waals surface area contributed by atoms with Gasteiger partial charge in [-0.25, -0.2) is 0 Å². The monoisotopic (exact) mass is 392 g/mol. The molecule has 1 unspecified atom stereocenters. The molecule has 0 aliphatic carbocycles. The normalized spacial score (nSPS) is 11.4. The number of nitro groups is 1. The Kier molecular flexibility index (Phi) is 5.64. The molecule has 1 N–H and O–H groups in total. The molecule has 0 aliphatic rings. The van der Waals surface area contributed by atoms with E-state index in [2.05, 4.69) is 21.2 Å². The van der Waals surface area contributed by atoms with Crippen LogP contribution in [0, 0.1) is 10.1 Å². The van der Waals surface area contributed by atoms with Crippen LogP contribution < -0.4 is 5.32 Å². The van der Waals surface area contributed by atoms with Gasteiger partial charge in [0.2, 0.25) is 6.10 Å². The van der Waals surface area contributed by atoms with Crippen molar-refractivity contribution in [3.8, 4) is 0 Å². The third-order valence-corrected chi connectivity index (χ3v) is 3.57. The summed E-state index contributed by atoms with van der Waals surface area (Å²) >= 11 is 3.29. The summed E-state index contributed by atoms with van der Waals surface area (Å²) in [5.41, 5.74) is 0.751. The average Bonchev–Trinajstić information content (AvgIpc) is 2.54. The summed E-state index contributed by atoms with van der Waals surface area (Å²) in [5, 5.41) is 13.3. The maximum absolute atomic E-state index is 12.4. The number of hydrogen-bond donors (Lipinski definition) is 1. The number of esters is 1. The Labute approximate surface area is 145 Å². The smallest absolute Gasteiger partial charge is 0.303 e. The van der Waals surface area contributed by atoms with Gasteiger partial charge in [0.15, 0.2) is 0 Å². The number of anilines is 1. The van der Waals surface area contributed by atoms with E-state index in [1.165, 1.54) is 31.2 Å². The summed E-state index contributed by atoms with van der Waals surface area (Å²) in [4.78, 5) is 33.9. The van der Waals surface area contributed by atoms with Crippen LogP contribution in [0.3, 0.4) is 0 Å². The standard InChI is InChI=1S/C16H13BrN2O5/c1-10(20)24-15(11-2-8-14(9-3-11)19(22)23)16(21)18-13-6-4-12(17)5-7-13/h2-9,15H,1H3,(H,18,21). The topological polar surface area (TPSA) is 98.5 Å². The first-order valence-corrected chi connectivity index (χ1v) is 7.64. The van der Waals surface area contributed by atoms with E-state index >= 15 is 0 Å². The van der Waals surface area contributed by atoms with Crippen molar-refractivity contribution < 1.29 is 19.2 Å². The molecule has 0 heterocycles. The maximum atomic E-state index is 12.4. The van der Waals surface area contributed by atoms with Crippen molar-refractivity contribution in [2.75, 3.05) is 5.32 Å². The van der Waals surface area contributed by atoms with Crippen LogP contribution in [0.5, 0.6) is 0 Å². The fourth-order valence-electron chi connectivity index (χ4n) is 1.95. The zero-order valence-corrected chi connectivity index (χ0v) is 14.1. The van der Waals surface area contributed by atoms with Crippen LogP contribution in [-0.2, 0) is 14.3 Å². The van der Waals surface area contributed by atoms with E-state index in [0.29, 0.717) is 11.3 Å². The van der Waals surface area contributed by atoms with Gasteiger partial charge in [-0.2, -0.15) is 0 Å². The number of carbonyl (C=O) groups is 2. The molecule has 0 fully saturated rings. The molecule has 2 aromatic rings. The van der Waals surface area contributed by atoms with E-state index in [1.807, 2.05) is 0 Å². The molecule has 1 amide bonds. The van der Waals surface area contributed by atoms with E-state index in [4.69, 9.17) is 4.74 Å². The van der Waals surface area contributed by atoms with Crippen molar-refractivity contribution in [1.82, 2.24) is 0 Å². The second-order valence-corrected chi connectivity index (χ2v) is 5.75. The number of non-ortho nitro benzene ring substituents is 1. The van der Waals surface area contributed by atoms with Gasteiger partial charge in [-0.1, -0.05) is 15.9 Å². The van der Waals surface area contributed by atoms with Gasteiger partial charge in [0.05, 0.1) is 4.92 Å². The van der Waals surface area contributed by atoms with Crippen LogP contribution in [0.25, 0.3) is 0 Å². The van der Waals surface area contributed by atoms with E-state index < -0.39 is 22.9 Å². The lowest BCUT2D eigenvalue weighted by molar-refractivity contribution is -0.384.